The lowest BCUT2D eigenvalue weighted by Gasteiger charge is -2.11. The first kappa shape index (κ1) is 15.5. The maximum absolute atomic E-state index is 5.48. The molecule has 0 saturated carbocycles. The molecule has 3 heteroatoms. The van der Waals surface area contributed by atoms with Crippen LogP contribution in [0, 0.1) is 6.92 Å². The van der Waals surface area contributed by atoms with E-state index in [9.17, 15) is 0 Å². The van der Waals surface area contributed by atoms with Crippen LogP contribution >= 0.6 is 0 Å². The van der Waals surface area contributed by atoms with Crippen molar-refractivity contribution in [1.29, 1.82) is 0 Å². The number of aryl methyl sites for hydroxylation is 1. The molecule has 1 unspecified atom stereocenters. The fourth-order valence-corrected chi connectivity index (χ4v) is 2.42. The van der Waals surface area contributed by atoms with Crippen molar-refractivity contribution in [3.63, 3.8) is 0 Å². The number of pyridine rings is 1. The van der Waals surface area contributed by atoms with Crippen molar-refractivity contribution in [2.75, 3.05) is 14.2 Å². The Hall–Kier alpha value is -1.87. The lowest BCUT2D eigenvalue weighted by molar-refractivity contribution is 0.133. The first-order chi connectivity index (χ1) is 10.2. The average Bonchev–Trinajstić information content (AvgIpc) is 2.52. The highest BCUT2D eigenvalue weighted by Crippen LogP contribution is 2.26. The Bertz CT molecular complexity index is 634. The van der Waals surface area contributed by atoms with Crippen LogP contribution < -0.4 is 4.74 Å². The molecule has 0 radical (unpaired) electrons. The van der Waals surface area contributed by atoms with Gasteiger partial charge in [-0.25, -0.2) is 0 Å². The zero-order valence-electron chi connectivity index (χ0n) is 13.2. The molecule has 2 rings (SSSR count). The second-order valence-corrected chi connectivity index (χ2v) is 5.16. The van der Waals surface area contributed by atoms with Crippen LogP contribution in [0.2, 0.25) is 0 Å². The van der Waals surface area contributed by atoms with E-state index in [2.05, 4.69) is 31.0 Å². The molecule has 0 aliphatic carbocycles. The smallest absolute Gasteiger partial charge is 0.119 e. The van der Waals surface area contributed by atoms with Crippen LogP contribution in [0.4, 0.5) is 0 Å². The van der Waals surface area contributed by atoms with Crippen LogP contribution in [0.25, 0.3) is 17.0 Å². The van der Waals surface area contributed by atoms with Gasteiger partial charge in [0.2, 0.25) is 0 Å². The molecule has 0 amide bonds. The Kier molecular flexibility index (Phi) is 5.34. The number of nitrogens with zero attached hydrogens (tertiary/aromatic N) is 1. The zero-order chi connectivity index (χ0) is 15.2. The van der Waals surface area contributed by atoms with Gasteiger partial charge in [-0.05, 0) is 42.7 Å². The van der Waals surface area contributed by atoms with Gasteiger partial charge in [0.15, 0.2) is 0 Å². The number of hydrogen-bond donors (Lipinski definition) is 0. The number of ether oxygens (including phenoxy) is 2. The van der Waals surface area contributed by atoms with Crippen LogP contribution in [0.5, 0.6) is 5.75 Å². The maximum atomic E-state index is 5.48. The molecule has 1 aromatic carbocycles. The summed E-state index contributed by atoms with van der Waals surface area (Å²) < 4.78 is 10.8. The summed E-state index contributed by atoms with van der Waals surface area (Å²) >= 11 is 0. The van der Waals surface area contributed by atoms with Gasteiger partial charge in [-0.2, -0.15) is 0 Å². The van der Waals surface area contributed by atoms with Crippen LogP contribution in [-0.4, -0.2) is 25.3 Å². The second-order valence-electron chi connectivity index (χ2n) is 5.16. The monoisotopic (exact) mass is 285 g/mol. The van der Waals surface area contributed by atoms with Crippen molar-refractivity contribution in [3.05, 3.63) is 41.6 Å². The van der Waals surface area contributed by atoms with Crippen LogP contribution in [0.3, 0.4) is 0 Å². The number of rotatable bonds is 6. The molecule has 2 aromatic rings. The van der Waals surface area contributed by atoms with E-state index in [0.29, 0.717) is 0 Å². The van der Waals surface area contributed by atoms with E-state index in [1.54, 1.807) is 14.2 Å². The third-order valence-corrected chi connectivity index (χ3v) is 3.67. The predicted molar refractivity (Wildman–Crippen MR) is 87.8 cm³/mol. The highest BCUT2D eigenvalue weighted by Gasteiger charge is 2.06. The second kappa shape index (κ2) is 7.23. The van der Waals surface area contributed by atoms with Crippen molar-refractivity contribution >= 4 is 17.0 Å². The average molecular weight is 285 g/mol. The first-order valence-electron chi connectivity index (χ1n) is 7.34. The number of methoxy groups -OCH3 is 2. The molecule has 0 aliphatic rings. The fraction of sp³-hybridized carbons (Fsp3) is 0.389. The third-order valence-electron chi connectivity index (χ3n) is 3.67. The Balaban J connectivity index is 2.45. The van der Waals surface area contributed by atoms with Gasteiger partial charge in [-0.3, -0.25) is 4.98 Å². The normalized spacial score (nSPS) is 13.0. The SMILES string of the molecule is CCCC(/C=C\c1c(C)cnc2ccc(OC)cc12)OC. The van der Waals surface area contributed by atoms with Crippen molar-refractivity contribution < 1.29 is 9.47 Å². The standard InChI is InChI=1S/C18H23NO2/c1-5-6-14(20-3)7-9-16-13(2)12-19-18-10-8-15(21-4)11-17(16)18/h7-12,14H,5-6H2,1-4H3/b9-7-. The van der Waals surface area contributed by atoms with E-state index in [4.69, 9.17) is 9.47 Å². The van der Waals surface area contributed by atoms with Gasteiger partial charge in [0.05, 0.1) is 18.7 Å². The van der Waals surface area contributed by atoms with Gasteiger partial charge in [0.1, 0.15) is 5.75 Å². The highest BCUT2D eigenvalue weighted by atomic mass is 16.5. The third kappa shape index (κ3) is 3.61. The van der Waals surface area contributed by atoms with Gasteiger partial charge in [0.25, 0.3) is 0 Å². The van der Waals surface area contributed by atoms with Gasteiger partial charge in [-0.1, -0.05) is 25.5 Å². The van der Waals surface area contributed by atoms with Crippen LogP contribution in [-0.2, 0) is 4.74 Å². The van der Waals surface area contributed by atoms with Gasteiger partial charge in [0, 0.05) is 18.7 Å². The molecule has 0 bridgehead atoms. The van der Waals surface area contributed by atoms with Crippen molar-refractivity contribution in [2.24, 2.45) is 0 Å². The van der Waals surface area contributed by atoms with E-state index in [0.717, 1.165) is 35.1 Å². The Morgan fingerprint density at radius 3 is 2.76 bits per heavy atom. The Morgan fingerprint density at radius 2 is 2.10 bits per heavy atom. The summed E-state index contributed by atoms with van der Waals surface area (Å²) in [6.07, 6.45) is 8.47. The number of fused-ring (bicyclic) bond motifs is 1. The number of aromatic nitrogens is 1. The summed E-state index contributed by atoms with van der Waals surface area (Å²) in [6, 6.07) is 5.97. The molecule has 0 saturated heterocycles. The van der Waals surface area contributed by atoms with E-state index >= 15 is 0 Å². The van der Waals surface area contributed by atoms with Gasteiger partial charge >= 0.3 is 0 Å². The molecular formula is C18H23NO2. The molecule has 3 nitrogen and oxygen atoms in total. The Labute approximate surface area is 126 Å². The lowest BCUT2D eigenvalue weighted by atomic mass is 10.0. The summed E-state index contributed by atoms with van der Waals surface area (Å²) in [5.74, 6) is 0.849. The molecule has 0 fully saturated rings. The summed E-state index contributed by atoms with van der Waals surface area (Å²) in [5, 5.41) is 1.11. The van der Waals surface area contributed by atoms with E-state index in [1.165, 1.54) is 5.56 Å². The summed E-state index contributed by atoms with van der Waals surface area (Å²) in [7, 11) is 3.44. The fourth-order valence-electron chi connectivity index (χ4n) is 2.42. The summed E-state index contributed by atoms with van der Waals surface area (Å²) in [6.45, 7) is 4.24. The van der Waals surface area contributed by atoms with Crippen LogP contribution in [0.15, 0.2) is 30.5 Å². The van der Waals surface area contributed by atoms with Crippen molar-refractivity contribution in [2.45, 2.75) is 32.8 Å². The minimum absolute atomic E-state index is 0.156. The van der Waals surface area contributed by atoms with E-state index < -0.39 is 0 Å². The lowest BCUT2D eigenvalue weighted by Crippen LogP contribution is -2.05. The van der Waals surface area contributed by atoms with Gasteiger partial charge in [-0.15, -0.1) is 0 Å². The van der Waals surface area contributed by atoms with Crippen molar-refractivity contribution in [3.8, 4) is 5.75 Å². The van der Waals surface area contributed by atoms with Crippen LogP contribution in [0.1, 0.15) is 30.9 Å². The number of benzene rings is 1. The van der Waals surface area contributed by atoms with E-state index in [1.807, 2.05) is 24.4 Å². The summed E-state index contributed by atoms with van der Waals surface area (Å²) in [5.41, 5.74) is 3.31. The largest absolute Gasteiger partial charge is 0.497 e. The quantitative estimate of drug-likeness (QED) is 0.789. The van der Waals surface area contributed by atoms with Crippen molar-refractivity contribution in [1.82, 2.24) is 4.98 Å². The Morgan fingerprint density at radius 1 is 1.29 bits per heavy atom. The van der Waals surface area contributed by atoms with E-state index in [-0.39, 0.29) is 6.10 Å². The zero-order valence-corrected chi connectivity index (χ0v) is 13.2. The molecular weight excluding hydrogens is 262 g/mol. The molecule has 112 valence electrons. The molecule has 1 aromatic heterocycles. The summed E-state index contributed by atoms with van der Waals surface area (Å²) in [4.78, 5) is 4.48. The first-order valence-corrected chi connectivity index (χ1v) is 7.34. The topological polar surface area (TPSA) is 31.4 Å². The molecule has 1 heterocycles. The van der Waals surface area contributed by atoms with Gasteiger partial charge < -0.3 is 9.47 Å². The number of hydrogen-bond acceptors (Lipinski definition) is 3. The molecule has 0 N–H and O–H groups in total. The minimum atomic E-state index is 0.156. The maximum Gasteiger partial charge on any atom is 0.119 e. The molecule has 0 spiro atoms. The predicted octanol–water partition coefficient (Wildman–Crippen LogP) is 4.38. The minimum Gasteiger partial charge on any atom is -0.497 e. The molecule has 21 heavy (non-hydrogen) atoms. The molecule has 0 aliphatic heterocycles. The highest BCUT2D eigenvalue weighted by molar-refractivity contribution is 5.90. The molecule has 1 atom stereocenters.